The van der Waals surface area contributed by atoms with Crippen molar-refractivity contribution in [1.82, 2.24) is 9.80 Å². The Hall–Kier alpha value is -0.130. The Morgan fingerprint density at radius 1 is 1.25 bits per heavy atom. The Bertz CT molecular complexity index is 433. The summed E-state index contributed by atoms with van der Waals surface area (Å²) in [7, 11) is 0. The summed E-state index contributed by atoms with van der Waals surface area (Å²) in [5.41, 5.74) is 7.32. The molecule has 1 aromatic carbocycles. The number of hydrogen-bond acceptors (Lipinski definition) is 3. The molecule has 112 valence electrons. The fourth-order valence-electron chi connectivity index (χ4n) is 2.61. The van der Waals surface area contributed by atoms with Gasteiger partial charge < -0.3 is 15.5 Å². The van der Waals surface area contributed by atoms with Gasteiger partial charge in [0.25, 0.3) is 0 Å². The lowest BCUT2D eigenvalue weighted by atomic mass is 10.0. The highest BCUT2D eigenvalue weighted by molar-refractivity contribution is 9.10. The molecule has 1 atom stereocenters. The van der Waals surface area contributed by atoms with Crippen molar-refractivity contribution in [2.75, 3.05) is 39.3 Å². The summed E-state index contributed by atoms with van der Waals surface area (Å²) in [6.45, 7) is 9.06. The second-order valence-electron chi connectivity index (χ2n) is 5.34. The van der Waals surface area contributed by atoms with Crippen LogP contribution in [0.25, 0.3) is 0 Å². The van der Waals surface area contributed by atoms with E-state index in [1.54, 1.807) is 0 Å². The maximum atomic E-state index is 6.28. The van der Waals surface area contributed by atoms with E-state index in [0.29, 0.717) is 0 Å². The van der Waals surface area contributed by atoms with E-state index >= 15 is 0 Å². The van der Waals surface area contributed by atoms with E-state index in [1.807, 2.05) is 18.2 Å². The van der Waals surface area contributed by atoms with Gasteiger partial charge in [-0.2, -0.15) is 0 Å². The zero-order valence-electron chi connectivity index (χ0n) is 12.0. The molecule has 1 aliphatic rings. The van der Waals surface area contributed by atoms with Crippen molar-refractivity contribution < 1.29 is 0 Å². The average Bonchev–Trinajstić information content (AvgIpc) is 2.45. The number of benzene rings is 1. The zero-order valence-corrected chi connectivity index (χ0v) is 14.3. The van der Waals surface area contributed by atoms with Crippen molar-refractivity contribution in [3.8, 4) is 0 Å². The van der Waals surface area contributed by atoms with Crippen LogP contribution in [0.1, 0.15) is 24.9 Å². The number of halogens is 2. The summed E-state index contributed by atoms with van der Waals surface area (Å²) >= 11 is 9.67. The standard InChI is InChI=1S/C15H23BrClN3/c1-2-19-7-9-20(10-8-19)6-5-15(18)13-4-3-12(16)11-14(13)17/h3-4,11,15H,2,5-10,18H2,1H3. The van der Waals surface area contributed by atoms with Gasteiger partial charge in [0.15, 0.2) is 0 Å². The van der Waals surface area contributed by atoms with Gasteiger partial charge in [-0.05, 0) is 30.7 Å². The first kappa shape index (κ1) is 16.2. The second-order valence-corrected chi connectivity index (χ2v) is 6.66. The monoisotopic (exact) mass is 359 g/mol. The predicted molar refractivity (Wildman–Crippen MR) is 89.3 cm³/mol. The van der Waals surface area contributed by atoms with Crippen molar-refractivity contribution in [3.05, 3.63) is 33.3 Å². The van der Waals surface area contributed by atoms with Gasteiger partial charge in [0.05, 0.1) is 0 Å². The lowest BCUT2D eigenvalue weighted by Gasteiger charge is -2.34. The van der Waals surface area contributed by atoms with Crippen LogP contribution < -0.4 is 5.73 Å². The molecule has 0 aliphatic carbocycles. The number of nitrogens with zero attached hydrogens (tertiary/aromatic N) is 2. The van der Waals surface area contributed by atoms with Crippen LogP contribution in [0.4, 0.5) is 0 Å². The zero-order chi connectivity index (χ0) is 14.5. The fraction of sp³-hybridized carbons (Fsp3) is 0.600. The molecule has 0 aromatic heterocycles. The van der Waals surface area contributed by atoms with Gasteiger partial charge in [0.1, 0.15) is 0 Å². The summed E-state index contributed by atoms with van der Waals surface area (Å²) in [6, 6.07) is 5.95. The third kappa shape index (κ3) is 4.43. The van der Waals surface area contributed by atoms with Gasteiger partial charge in [-0.25, -0.2) is 0 Å². The summed E-state index contributed by atoms with van der Waals surface area (Å²) < 4.78 is 0.995. The number of rotatable bonds is 5. The second kappa shape index (κ2) is 7.76. The molecule has 1 fully saturated rings. The summed E-state index contributed by atoms with van der Waals surface area (Å²) in [6.07, 6.45) is 0.952. The first-order valence-electron chi connectivity index (χ1n) is 7.25. The lowest BCUT2D eigenvalue weighted by Crippen LogP contribution is -2.46. The van der Waals surface area contributed by atoms with Gasteiger partial charge in [-0.15, -0.1) is 0 Å². The minimum atomic E-state index is 0.0137. The highest BCUT2D eigenvalue weighted by atomic mass is 79.9. The largest absolute Gasteiger partial charge is 0.324 e. The molecule has 20 heavy (non-hydrogen) atoms. The Balaban J connectivity index is 1.82. The van der Waals surface area contributed by atoms with Crippen molar-refractivity contribution in [1.29, 1.82) is 0 Å². The summed E-state index contributed by atoms with van der Waals surface area (Å²) in [5.74, 6) is 0. The predicted octanol–water partition coefficient (Wildman–Crippen LogP) is 3.13. The number of piperazine rings is 1. The van der Waals surface area contributed by atoms with Crippen LogP contribution in [0.3, 0.4) is 0 Å². The van der Waals surface area contributed by atoms with Crippen LogP contribution in [0.2, 0.25) is 5.02 Å². The molecule has 0 amide bonds. The third-order valence-corrected chi connectivity index (χ3v) is 4.85. The maximum absolute atomic E-state index is 6.28. The Morgan fingerprint density at radius 3 is 2.50 bits per heavy atom. The Labute approximate surface area is 135 Å². The molecule has 3 nitrogen and oxygen atoms in total. The Kier molecular flexibility index (Phi) is 6.30. The molecule has 5 heteroatoms. The van der Waals surface area contributed by atoms with Gasteiger partial charge >= 0.3 is 0 Å². The molecule has 0 saturated carbocycles. The van der Waals surface area contributed by atoms with Gasteiger partial charge in [0, 0.05) is 48.3 Å². The van der Waals surface area contributed by atoms with Crippen LogP contribution in [0, 0.1) is 0 Å². The topological polar surface area (TPSA) is 32.5 Å². The molecular formula is C15H23BrClN3. The SMILES string of the molecule is CCN1CCN(CCC(N)c2ccc(Br)cc2Cl)CC1. The van der Waals surface area contributed by atoms with Crippen LogP contribution in [-0.2, 0) is 0 Å². The molecule has 2 N–H and O–H groups in total. The van der Waals surface area contributed by atoms with Crippen molar-refractivity contribution in [2.24, 2.45) is 5.73 Å². The minimum Gasteiger partial charge on any atom is -0.324 e. The molecular weight excluding hydrogens is 338 g/mol. The number of likely N-dealkylation sites (N-methyl/N-ethyl adjacent to an activating group) is 1. The highest BCUT2D eigenvalue weighted by Gasteiger charge is 2.17. The number of hydrogen-bond donors (Lipinski definition) is 1. The van der Waals surface area contributed by atoms with E-state index in [4.69, 9.17) is 17.3 Å². The maximum Gasteiger partial charge on any atom is 0.0464 e. The van der Waals surface area contributed by atoms with Gasteiger partial charge in [-0.3, -0.25) is 0 Å². The molecule has 0 spiro atoms. The van der Waals surface area contributed by atoms with Crippen LogP contribution >= 0.6 is 27.5 Å². The van der Waals surface area contributed by atoms with Gasteiger partial charge in [-0.1, -0.05) is 40.5 Å². The normalized spacial score (nSPS) is 19.2. The minimum absolute atomic E-state index is 0.0137. The van der Waals surface area contributed by atoms with Crippen molar-refractivity contribution >= 4 is 27.5 Å². The highest BCUT2D eigenvalue weighted by Crippen LogP contribution is 2.27. The number of nitrogens with two attached hydrogens (primary N) is 1. The molecule has 1 aromatic rings. The van der Waals surface area contributed by atoms with E-state index in [-0.39, 0.29) is 6.04 Å². The van der Waals surface area contributed by atoms with Crippen LogP contribution in [-0.4, -0.2) is 49.1 Å². The summed E-state index contributed by atoms with van der Waals surface area (Å²) in [4.78, 5) is 4.99. The average molecular weight is 361 g/mol. The van der Waals surface area contributed by atoms with Crippen molar-refractivity contribution in [2.45, 2.75) is 19.4 Å². The fourth-order valence-corrected chi connectivity index (χ4v) is 3.42. The lowest BCUT2D eigenvalue weighted by molar-refractivity contribution is 0.134. The van der Waals surface area contributed by atoms with Gasteiger partial charge in [0.2, 0.25) is 0 Å². The Morgan fingerprint density at radius 2 is 1.90 bits per heavy atom. The molecule has 1 saturated heterocycles. The molecule has 2 rings (SSSR count). The quantitative estimate of drug-likeness (QED) is 0.875. The van der Waals surface area contributed by atoms with E-state index in [9.17, 15) is 0 Å². The van der Waals surface area contributed by atoms with E-state index < -0.39 is 0 Å². The first-order valence-corrected chi connectivity index (χ1v) is 8.42. The molecule has 0 bridgehead atoms. The third-order valence-electron chi connectivity index (χ3n) is 4.03. The summed E-state index contributed by atoms with van der Waals surface area (Å²) in [5, 5.41) is 0.752. The molecule has 0 radical (unpaired) electrons. The molecule has 1 heterocycles. The smallest absolute Gasteiger partial charge is 0.0464 e. The van der Waals surface area contributed by atoms with E-state index in [0.717, 1.165) is 47.7 Å². The first-order chi connectivity index (χ1) is 9.60. The van der Waals surface area contributed by atoms with Crippen molar-refractivity contribution in [3.63, 3.8) is 0 Å². The molecule has 1 unspecified atom stereocenters. The van der Waals surface area contributed by atoms with E-state index in [1.165, 1.54) is 13.1 Å². The van der Waals surface area contributed by atoms with Crippen LogP contribution in [0.15, 0.2) is 22.7 Å². The van der Waals surface area contributed by atoms with E-state index in [2.05, 4.69) is 32.7 Å². The molecule has 1 aliphatic heterocycles. The van der Waals surface area contributed by atoms with Crippen LogP contribution in [0.5, 0.6) is 0 Å².